The summed E-state index contributed by atoms with van der Waals surface area (Å²) in [5.74, 6) is 0. The molecule has 0 aliphatic rings. The molecule has 9 aromatic carbocycles. The minimum atomic E-state index is 1.05. The van der Waals surface area contributed by atoms with Crippen molar-refractivity contribution in [2.45, 2.75) is 0 Å². The molecule has 0 N–H and O–H groups in total. The minimum Gasteiger partial charge on any atom is -0.310 e. The Balaban J connectivity index is 0.999. The largest absolute Gasteiger partial charge is 0.310 e. The molecule has 2 nitrogen and oxygen atoms in total. The van der Waals surface area contributed by atoms with E-state index in [1.807, 2.05) is 11.3 Å². The third-order valence-electron chi connectivity index (χ3n) is 10.9. The Hall–Kier alpha value is -6.85. The van der Waals surface area contributed by atoms with Crippen molar-refractivity contribution < 1.29 is 0 Å². The number of thiophene rings is 1. The molecule has 0 aliphatic heterocycles. The smallest absolute Gasteiger partial charge is 0.124 e. The predicted octanol–water partition coefficient (Wildman–Crippen LogP) is 16.0. The zero-order chi connectivity index (χ0) is 37.7. The molecular weight excluding hydrogens is 729 g/mol. The summed E-state index contributed by atoms with van der Waals surface area (Å²) in [4.78, 5) is 7.68. The number of hydrogen-bond acceptors (Lipinski definition) is 4. The highest BCUT2D eigenvalue weighted by Gasteiger charge is 2.18. The van der Waals surface area contributed by atoms with Gasteiger partial charge in [0.2, 0.25) is 0 Å². The quantitative estimate of drug-likeness (QED) is 0.161. The van der Waals surface area contributed by atoms with Crippen molar-refractivity contribution in [1.29, 1.82) is 0 Å². The maximum absolute atomic E-state index is 5.29. The van der Waals surface area contributed by atoms with E-state index < -0.39 is 0 Å². The van der Waals surface area contributed by atoms with Gasteiger partial charge in [-0.15, -0.1) is 22.7 Å². The van der Waals surface area contributed by atoms with Crippen LogP contribution in [0.5, 0.6) is 0 Å². The van der Waals surface area contributed by atoms with Crippen molar-refractivity contribution in [3.8, 4) is 44.0 Å². The Labute approximate surface area is 339 Å². The lowest BCUT2D eigenvalue weighted by Gasteiger charge is -2.26. The van der Waals surface area contributed by atoms with Gasteiger partial charge < -0.3 is 4.90 Å². The van der Waals surface area contributed by atoms with E-state index in [1.165, 1.54) is 69.0 Å². The van der Waals surface area contributed by atoms with Gasteiger partial charge in [0, 0.05) is 42.8 Å². The maximum Gasteiger partial charge on any atom is 0.124 e. The molecule has 0 aliphatic carbocycles. The summed E-state index contributed by atoms with van der Waals surface area (Å²) in [7, 11) is 0. The Morgan fingerprint density at radius 3 is 1.68 bits per heavy atom. The Morgan fingerprint density at radius 1 is 0.333 bits per heavy atom. The first-order valence-electron chi connectivity index (χ1n) is 19.2. The van der Waals surface area contributed by atoms with E-state index in [1.54, 1.807) is 11.3 Å². The van der Waals surface area contributed by atoms with E-state index in [9.17, 15) is 0 Å². The SMILES string of the molecule is c1ccc(-c2ccc(-c3nc4c(ccc5sc6cc(N(c7ccc(-c8ccc9ccccc9c8)cc7)c7cccc(-c8ccccc8)c7)ccc6c54)s3)cc2)cc1. The van der Waals surface area contributed by atoms with Gasteiger partial charge in [-0.25, -0.2) is 4.98 Å². The zero-order valence-electron chi connectivity index (χ0n) is 30.8. The van der Waals surface area contributed by atoms with E-state index >= 15 is 0 Å². The second kappa shape index (κ2) is 14.0. The first kappa shape index (κ1) is 33.5. The molecule has 0 amide bonds. The molecule has 11 rings (SSSR count). The van der Waals surface area contributed by atoms with Crippen LogP contribution in [0.4, 0.5) is 17.1 Å². The Morgan fingerprint density at radius 2 is 0.895 bits per heavy atom. The predicted molar refractivity (Wildman–Crippen MR) is 246 cm³/mol. The van der Waals surface area contributed by atoms with E-state index in [0.29, 0.717) is 0 Å². The fraction of sp³-hybridized carbons (Fsp3) is 0. The molecule has 0 unspecified atom stereocenters. The van der Waals surface area contributed by atoms with Crippen LogP contribution in [0.1, 0.15) is 0 Å². The summed E-state index contributed by atoms with van der Waals surface area (Å²) in [5, 5.41) is 6.03. The molecule has 0 spiro atoms. The average Bonchev–Trinajstić information content (AvgIpc) is 3.89. The van der Waals surface area contributed by atoms with Crippen LogP contribution in [0.3, 0.4) is 0 Å². The summed E-state index contributed by atoms with van der Waals surface area (Å²) in [6.45, 7) is 0. The van der Waals surface area contributed by atoms with Gasteiger partial charge in [-0.2, -0.15) is 0 Å². The summed E-state index contributed by atoms with van der Waals surface area (Å²) in [6, 6.07) is 74.5. The normalized spacial score (nSPS) is 11.5. The van der Waals surface area contributed by atoms with Gasteiger partial charge in [-0.3, -0.25) is 0 Å². The van der Waals surface area contributed by atoms with Crippen LogP contribution in [0, 0.1) is 0 Å². The Kier molecular flexibility index (Phi) is 8.24. The van der Waals surface area contributed by atoms with Crippen LogP contribution in [0.15, 0.2) is 206 Å². The zero-order valence-corrected chi connectivity index (χ0v) is 32.5. The van der Waals surface area contributed by atoms with Crippen LogP contribution in [0.2, 0.25) is 0 Å². The molecule has 0 radical (unpaired) electrons. The molecule has 0 saturated carbocycles. The number of hydrogen-bond donors (Lipinski definition) is 0. The number of aromatic nitrogens is 1. The number of benzene rings is 9. The van der Waals surface area contributed by atoms with E-state index in [0.717, 1.165) is 33.1 Å². The number of fused-ring (bicyclic) bond motifs is 6. The lowest BCUT2D eigenvalue weighted by Crippen LogP contribution is -2.09. The summed E-state index contributed by atoms with van der Waals surface area (Å²) in [6.07, 6.45) is 0. The van der Waals surface area contributed by atoms with Crippen LogP contribution in [0.25, 0.3) is 85.1 Å². The van der Waals surface area contributed by atoms with Gasteiger partial charge in [0.25, 0.3) is 0 Å². The molecule has 0 saturated heterocycles. The van der Waals surface area contributed by atoms with Crippen molar-refractivity contribution in [2.24, 2.45) is 0 Å². The molecule has 2 aromatic heterocycles. The minimum absolute atomic E-state index is 1.05. The number of thiazole rings is 1. The standard InChI is InChI=1S/C53H34N2S2/c1-3-10-35(11-4-1)38-18-21-40(22-19-38)53-54-52-49(57-53)31-30-48-51(52)47-29-28-46(34-50(47)56-48)55(45-17-9-16-42(33-45)36-12-5-2-6-13-36)44-26-24-39(25-27-44)43-23-20-37-14-7-8-15-41(37)32-43/h1-34H. The molecule has 268 valence electrons. The molecule has 11 aromatic rings. The van der Waals surface area contributed by atoms with Gasteiger partial charge in [-0.1, -0.05) is 152 Å². The highest BCUT2D eigenvalue weighted by molar-refractivity contribution is 7.26. The average molecular weight is 763 g/mol. The highest BCUT2D eigenvalue weighted by Crippen LogP contribution is 2.45. The number of anilines is 3. The molecule has 57 heavy (non-hydrogen) atoms. The summed E-state index contributed by atoms with van der Waals surface area (Å²) in [5.41, 5.74) is 12.8. The van der Waals surface area contributed by atoms with Crippen molar-refractivity contribution in [3.63, 3.8) is 0 Å². The first-order valence-corrected chi connectivity index (χ1v) is 20.8. The van der Waals surface area contributed by atoms with Gasteiger partial charge >= 0.3 is 0 Å². The fourth-order valence-electron chi connectivity index (χ4n) is 8.01. The topological polar surface area (TPSA) is 16.1 Å². The maximum atomic E-state index is 5.29. The van der Waals surface area contributed by atoms with Crippen molar-refractivity contribution in [1.82, 2.24) is 4.98 Å². The van der Waals surface area contributed by atoms with Crippen molar-refractivity contribution in [2.75, 3.05) is 4.90 Å². The van der Waals surface area contributed by atoms with Crippen molar-refractivity contribution in [3.05, 3.63) is 206 Å². The molecule has 0 bridgehead atoms. The second-order valence-electron chi connectivity index (χ2n) is 14.4. The van der Waals surface area contributed by atoms with Crippen LogP contribution in [-0.2, 0) is 0 Å². The van der Waals surface area contributed by atoms with Crippen LogP contribution in [-0.4, -0.2) is 4.98 Å². The molecule has 2 heterocycles. The third-order valence-corrected chi connectivity index (χ3v) is 13.1. The van der Waals surface area contributed by atoms with Crippen LogP contribution < -0.4 is 4.90 Å². The molecule has 4 heteroatoms. The lowest BCUT2D eigenvalue weighted by atomic mass is 10.0. The fourth-order valence-corrected chi connectivity index (χ4v) is 10.1. The first-order chi connectivity index (χ1) is 28.2. The van der Waals surface area contributed by atoms with Gasteiger partial charge in [0.05, 0.1) is 10.2 Å². The second-order valence-corrected chi connectivity index (χ2v) is 16.5. The highest BCUT2D eigenvalue weighted by atomic mass is 32.1. The summed E-state index contributed by atoms with van der Waals surface area (Å²) >= 11 is 3.61. The third kappa shape index (κ3) is 6.16. The van der Waals surface area contributed by atoms with Gasteiger partial charge in [-0.05, 0) is 98.8 Å². The van der Waals surface area contributed by atoms with E-state index in [4.69, 9.17) is 4.98 Å². The molecule has 0 atom stereocenters. The van der Waals surface area contributed by atoms with Gasteiger partial charge in [0.15, 0.2) is 0 Å². The monoisotopic (exact) mass is 762 g/mol. The Bertz CT molecular complexity index is 3220. The van der Waals surface area contributed by atoms with Crippen LogP contribution >= 0.6 is 22.7 Å². The van der Waals surface area contributed by atoms with Crippen molar-refractivity contribution >= 4 is 80.9 Å². The number of nitrogens with zero attached hydrogens (tertiary/aromatic N) is 2. The van der Waals surface area contributed by atoms with E-state index in [-0.39, 0.29) is 0 Å². The molecule has 0 fully saturated rings. The lowest BCUT2D eigenvalue weighted by molar-refractivity contribution is 1.29. The number of rotatable bonds is 7. The molecular formula is C53H34N2S2. The van der Waals surface area contributed by atoms with Gasteiger partial charge in [0.1, 0.15) is 5.01 Å². The van der Waals surface area contributed by atoms with E-state index in [2.05, 4.69) is 211 Å². The summed E-state index contributed by atoms with van der Waals surface area (Å²) < 4.78 is 3.70.